The first-order valence-corrected chi connectivity index (χ1v) is 8.16. The molecule has 1 aromatic carbocycles. The summed E-state index contributed by atoms with van der Waals surface area (Å²) in [6, 6.07) is 3.70. The number of ether oxygens (including phenoxy) is 2. The molecule has 0 saturated carbocycles. The monoisotopic (exact) mass is 375 g/mol. The van der Waals surface area contributed by atoms with E-state index in [1.165, 1.54) is 6.07 Å². The van der Waals surface area contributed by atoms with Crippen LogP contribution in [0.3, 0.4) is 0 Å². The smallest absolute Gasteiger partial charge is 0.383 e. The van der Waals surface area contributed by atoms with E-state index in [1.54, 1.807) is 7.11 Å². The lowest BCUT2D eigenvalue weighted by molar-refractivity contribution is -0.137. The van der Waals surface area contributed by atoms with Crippen LogP contribution in [0.4, 0.5) is 13.2 Å². The van der Waals surface area contributed by atoms with Crippen molar-refractivity contribution in [3.8, 4) is 0 Å². The van der Waals surface area contributed by atoms with Crippen LogP contribution in [0.1, 0.15) is 25.7 Å². The maximum atomic E-state index is 12.9. The highest BCUT2D eigenvalue weighted by atomic mass is 19.4. The van der Waals surface area contributed by atoms with Crippen LogP contribution in [0.2, 0.25) is 0 Å². The van der Waals surface area contributed by atoms with E-state index in [2.05, 4.69) is 18.1 Å². The van der Waals surface area contributed by atoms with Crippen LogP contribution in [0.5, 0.6) is 0 Å². The predicted octanol–water partition coefficient (Wildman–Crippen LogP) is 4.63. The summed E-state index contributed by atoms with van der Waals surface area (Å²) in [7, 11) is 1.60. The van der Waals surface area contributed by atoms with Gasteiger partial charge in [-0.15, -0.1) is 13.2 Å². The van der Waals surface area contributed by atoms with Gasteiger partial charge in [0.2, 0.25) is 0 Å². The van der Waals surface area contributed by atoms with Gasteiger partial charge in [0.1, 0.15) is 5.82 Å². The van der Waals surface area contributed by atoms with Crippen molar-refractivity contribution in [1.29, 1.82) is 0 Å². The summed E-state index contributed by atoms with van der Waals surface area (Å²) < 4.78 is 51.3. The average Bonchev–Trinajstić information content (AvgIpc) is 3.21. The number of nitrogens with zero attached hydrogens (tertiary/aromatic N) is 2. The Morgan fingerprint density at radius 3 is 2.69 bits per heavy atom. The summed E-state index contributed by atoms with van der Waals surface area (Å²) in [6.45, 7) is 7.77. The molecule has 1 aromatic heterocycles. The Morgan fingerprint density at radius 2 is 2.12 bits per heavy atom. The van der Waals surface area contributed by atoms with E-state index < -0.39 is 11.7 Å². The van der Waals surface area contributed by atoms with E-state index in [1.807, 2.05) is 4.57 Å². The Kier molecular flexibility index (Phi) is 8.26. The zero-order chi connectivity index (χ0) is 18.4. The second-order valence-electron chi connectivity index (χ2n) is 5.71. The van der Waals surface area contributed by atoms with Gasteiger partial charge < -0.3 is 20.2 Å². The van der Waals surface area contributed by atoms with Gasteiger partial charge in [-0.05, 0) is 31.0 Å². The van der Waals surface area contributed by atoms with Gasteiger partial charge in [-0.25, -0.2) is 4.98 Å². The molecule has 0 unspecified atom stereocenters. The molecule has 0 amide bonds. The van der Waals surface area contributed by atoms with Gasteiger partial charge in [-0.3, -0.25) is 0 Å². The van der Waals surface area contributed by atoms with Crippen LogP contribution in [0.15, 0.2) is 31.4 Å². The highest BCUT2D eigenvalue weighted by Crippen LogP contribution is 2.32. The van der Waals surface area contributed by atoms with Crippen molar-refractivity contribution in [1.82, 2.24) is 15.7 Å². The summed E-state index contributed by atoms with van der Waals surface area (Å²) in [4.78, 5) is 4.43. The van der Waals surface area contributed by atoms with Gasteiger partial charge >= 0.3 is 6.18 Å². The second kappa shape index (κ2) is 9.70. The van der Waals surface area contributed by atoms with Crippen LogP contribution in [0, 0.1) is 0 Å². The Bertz CT molecular complexity index is 701. The fourth-order valence-corrected chi connectivity index (χ4v) is 2.95. The molecule has 1 saturated heterocycles. The molecule has 0 aliphatic carbocycles. The van der Waals surface area contributed by atoms with E-state index in [0.717, 1.165) is 37.4 Å². The summed E-state index contributed by atoms with van der Waals surface area (Å²) in [5.74, 6) is 0.753. The Hall–Kier alpha value is -1.90. The third kappa shape index (κ3) is 5.06. The minimum Gasteiger partial charge on any atom is -0.383 e. The third-order valence-corrected chi connectivity index (χ3v) is 4.11. The first-order valence-electron chi connectivity index (χ1n) is 8.16. The molecule has 0 radical (unpaired) electrons. The maximum Gasteiger partial charge on any atom is 0.416 e. The number of aromatic nitrogens is 2. The minimum absolute atomic E-state index is 0. The zero-order valence-corrected chi connectivity index (χ0v) is 15.0. The first-order chi connectivity index (χ1) is 12.0. The van der Waals surface area contributed by atoms with Crippen molar-refractivity contribution in [3.05, 3.63) is 42.7 Å². The molecule has 148 valence electrons. The molecule has 3 rings (SSSR count). The molecule has 5 nitrogen and oxygen atoms in total. The van der Waals surface area contributed by atoms with Crippen LogP contribution < -0.4 is 6.15 Å². The number of halogens is 3. The molecule has 1 atom stereocenters. The summed E-state index contributed by atoms with van der Waals surface area (Å²) >= 11 is 0. The normalized spacial score (nSPS) is 16.8. The zero-order valence-electron chi connectivity index (χ0n) is 15.0. The van der Waals surface area contributed by atoms with Crippen molar-refractivity contribution < 1.29 is 24.1 Å². The maximum absolute atomic E-state index is 12.9. The molecule has 1 aliphatic rings. The Balaban J connectivity index is 0.00000164. The van der Waals surface area contributed by atoms with E-state index in [0.29, 0.717) is 30.6 Å². The molecule has 1 aliphatic heterocycles. The summed E-state index contributed by atoms with van der Waals surface area (Å²) in [5, 5.41) is 0. The molecule has 2 aromatic rings. The van der Waals surface area contributed by atoms with Gasteiger partial charge in [0, 0.05) is 28.1 Å². The van der Waals surface area contributed by atoms with Crippen molar-refractivity contribution in [2.75, 3.05) is 20.3 Å². The lowest BCUT2D eigenvalue weighted by Crippen LogP contribution is -2.15. The van der Waals surface area contributed by atoms with Crippen molar-refractivity contribution in [2.45, 2.75) is 38.1 Å². The molecular formula is C18H28F3N3O2. The van der Waals surface area contributed by atoms with Gasteiger partial charge in [0.25, 0.3) is 0 Å². The highest BCUT2D eigenvalue weighted by molar-refractivity contribution is 5.77. The van der Waals surface area contributed by atoms with Crippen molar-refractivity contribution in [2.24, 2.45) is 0 Å². The fourth-order valence-electron chi connectivity index (χ4n) is 2.95. The minimum atomic E-state index is -4.36. The number of hydrogen-bond acceptors (Lipinski definition) is 4. The fraction of sp³-hybridized carbons (Fsp3) is 0.500. The molecule has 0 spiro atoms. The molecule has 1 fully saturated rings. The number of imidazole rings is 1. The first kappa shape index (κ1) is 22.1. The number of methoxy groups -OCH3 is 1. The third-order valence-electron chi connectivity index (χ3n) is 4.11. The lowest BCUT2D eigenvalue weighted by Gasteiger charge is -2.12. The number of rotatable bonds is 5. The van der Waals surface area contributed by atoms with E-state index in [9.17, 15) is 13.2 Å². The molecule has 0 bridgehead atoms. The number of hydrogen-bond donors (Lipinski definition) is 1. The number of benzene rings is 1. The van der Waals surface area contributed by atoms with Gasteiger partial charge in [0.15, 0.2) is 0 Å². The largest absolute Gasteiger partial charge is 0.416 e. The lowest BCUT2D eigenvalue weighted by atomic mass is 10.2. The molecule has 2 heterocycles. The van der Waals surface area contributed by atoms with E-state index in [4.69, 9.17) is 9.47 Å². The van der Waals surface area contributed by atoms with E-state index in [-0.39, 0.29) is 13.7 Å². The number of alkyl halides is 3. The number of fused-ring (bicyclic) bond motifs is 1. The van der Waals surface area contributed by atoms with Crippen molar-refractivity contribution >= 4 is 11.0 Å². The molecule has 8 heteroatoms. The summed E-state index contributed by atoms with van der Waals surface area (Å²) in [6.07, 6.45) is -1.68. The highest BCUT2D eigenvalue weighted by Gasteiger charge is 2.31. The average molecular weight is 375 g/mol. The van der Waals surface area contributed by atoms with Crippen molar-refractivity contribution in [3.63, 3.8) is 0 Å². The predicted molar refractivity (Wildman–Crippen MR) is 97.7 cm³/mol. The Labute approximate surface area is 152 Å². The summed E-state index contributed by atoms with van der Waals surface area (Å²) in [5.41, 5.74) is 0.386. The van der Waals surface area contributed by atoms with Crippen LogP contribution in [-0.4, -0.2) is 36.0 Å². The standard InChI is InChI=1S/C16H19F3N2O2.C2H4.H3N.H2/c1-22-8-6-21-14-5-4-11(16(17,18)19)9-13(14)20-15(21)10-12-3-2-7-23-12;1-2;;/h4-5,9,12H,2-3,6-8,10H2,1H3;1-2H2;1H3;1H/t12-;;;/m1.../s1. The van der Waals surface area contributed by atoms with E-state index >= 15 is 0 Å². The molecular weight excluding hydrogens is 347 g/mol. The SMILES string of the molecule is C=C.COCCn1c(C[C@H]2CCCO2)nc2cc(C(F)(F)F)ccc21.N.[HH]. The molecule has 26 heavy (non-hydrogen) atoms. The van der Waals surface area contributed by atoms with Gasteiger partial charge in [-0.1, -0.05) is 0 Å². The van der Waals surface area contributed by atoms with Gasteiger partial charge in [-0.2, -0.15) is 13.2 Å². The Morgan fingerprint density at radius 1 is 1.38 bits per heavy atom. The van der Waals surface area contributed by atoms with Gasteiger partial charge in [0.05, 0.1) is 29.3 Å². The second-order valence-corrected chi connectivity index (χ2v) is 5.71. The van der Waals surface area contributed by atoms with Crippen LogP contribution >= 0.6 is 0 Å². The van der Waals surface area contributed by atoms with Crippen LogP contribution in [0.25, 0.3) is 11.0 Å². The molecule has 3 N–H and O–H groups in total. The van der Waals surface area contributed by atoms with Crippen LogP contribution in [-0.2, 0) is 28.6 Å². The topological polar surface area (TPSA) is 71.3 Å². The quantitative estimate of drug-likeness (QED) is 0.773.